The van der Waals surface area contributed by atoms with Crippen molar-refractivity contribution in [2.75, 3.05) is 14.1 Å². The molecule has 0 fully saturated rings. The first kappa shape index (κ1) is 12.7. The average Bonchev–Trinajstić information content (AvgIpc) is 2.29. The van der Waals surface area contributed by atoms with E-state index in [2.05, 4.69) is 18.8 Å². The van der Waals surface area contributed by atoms with Gasteiger partial charge in [0, 0.05) is 32.0 Å². The lowest BCUT2D eigenvalue weighted by Crippen LogP contribution is -2.25. The maximum atomic E-state index is 5.29. The summed E-state index contributed by atoms with van der Waals surface area (Å²) in [5.41, 5.74) is 1.06. The number of hydrogen-bond donors (Lipinski definition) is 0. The SMILES string of the molecule is CC(CC#Cc1ccccc1)C(=S)N(C)C. The summed E-state index contributed by atoms with van der Waals surface area (Å²) >= 11 is 5.29. The molecular formula is C14H17NS. The molecule has 0 aliphatic rings. The van der Waals surface area contributed by atoms with E-state index in [1.54, 1.807) is 0 Å². The van der Waals surface area contributed by atoms with Gasteiger partial charge in [0.1, 0.15) is 0 Å². The van der Waals surface area contributed by atoms with E-state index in [4.69, 9.17) is 12.2 Å². The van der Waals surface area contributed by atoms with Crippen LogP contribution in [0.4, 0.5) is 0 Å². The molecule has 0 spiro atoms. The molecule has 0 aliphatic heterocycles. The van der Waals surface area contributed by atoms with Crippen LogP contribution in [0.5, 0.6) is 0 Å². The molecule has 0 aromatic heterocycles. The quantitative estimate of drug-likeness (QED) is 0.569. The van der Waals surface area contributed by atoms with Crippen molar-refractivity contribution in [2.45, 2.75) is 13.3 Å². The Kier molecular flexibility index (Phi) is 5.01. The first-order chi connectivity index (χ1) is 7.61. The van der Waals surface area contributed by atoms with E-state index < -0.39 is 0 Å². The Bertz CT molecular complexity index is 398. The third kappa shape index (κ3) is 4.04. The topological polar surface area (TPSA) is 3.24 Å². The molecule has 0 saturated carbocycles. The van der Waals surface area contributed by atoms with Crippen LogP contribution in [0.25, 0.3) is 0 Å². The molecule has 0 radical (unpaired) electrons. The van der Waals surface area contributed by atoms with Gasteiger partial charge in [0.05, 0.1) is 4.99 Å². The molecule has 1 atom stereocenters. The highest BCUT2D eigenvalue weighted by molar-refractivity contribution is 7.80. The van der Waals surface area contributed by atoms with Crippen LogP contribution in [0, 0.1) is 17.8 Å². The molecule has 1 aromatic rings. The normalized spacial score (nSPS) is 11.2. The molecular weight excluding hydrogens is 214 g/mol. The zero-order chi connectivity index (χ0) is 12.0. The fourth-order valence-electron chi connectivity index (χ4n) is 1.36. The number of thiocarbonyl (C=S) groups is 1. The Morgan fingerprint density at radius 2 is 1.94 bits per heavy atom. The minimum absolute atomic E-state index is 0.334. The Hall–Kier alpha value is -1.33. The molecule has 0 bridgehead atoms. The van der Waals surface area contributed by atoms with E-state index in [1.165, 1.54) is 0 Å². The van der Waals surface area contributed by atoms with Gasteiger partial charge in [-0.05, 0) is 12.1 Å². The van der Waals surface area contributed by atoms with Crippen molar-refractivity contribution in [3.05, 3.63) is 35.9 Å². The monoisotopic (exact) mass is 231 g/mol. The predicted molar refractivity (Wildman–Crippen MR) is 73.4 cm³/mol. The van der Waals surface area contributed by atoms with Crippen LogP contribution in [-0.2, 0) is 0 Å². The maximum absolute atomic E-state index is 5.29. The van der Waals surface area contributed by atoms with Crippen molar-refractivity contribution >= 4 is 17.2 Å². The summed E-state index contributed by atoms with van der Waals surface area (Å²) in [5, 5.41) is 0. The number of nitrogens with zero attached hydrogens (tertiary/aromatic N) is 1. The van der Waals surface area contributed by atoms with Gasteiger partial charge in [0.25, 0.3) is 0 Å². The summed E-state index contributed by atoms with van der Waals surface area (Å²) in [6.07, 6.45) is 0.811. The molecule has 0 amide bonds. The summed E-state index contributed by atoms with van der Waals surface area (Å²) < 4.78 is 0. The van der Waals surface area contributed by atoms with Crippen LogP contribution >= 0.6 is 12.2 Å². The summed E-state index contributed by atoms with van der Waals surface area (Å²) in [5.74, 6) is 6.65. The van der Waals surface area contributed by atoms with Crippen LogP contribution in [-0.4, -0.2) is 24.0 Å². The van der Waals surface area contributed by atoms with E-state index in [0.717, 1.165) is 17.0 Å². The second-order valence-corrected chi connectivity index (χ2v) is 4.42. The van der Waals surface area contributed by atoms with Crippen LogP contribution in [0.2, 0.25) is 0 Å². The lowest BCUT2D eigenvalue weighted by atomic mass is 10.1. The number of hydrogen-bond acceptors (Lipinski definition) is 1. The minimum atomic E-state index is 0.334. The van der Waals surface area contributed by atoms with E-state index >= 15 is 0 Å². The third-order valence-electron chi connectivity index (χ3n) is 2.28. The van der Waals surface area contributed by atoms with Gasteiger partial charge in [0.15, 0.2) is 0 Å². The highest BCUT2D eigenvalue weighted by Crippen LogP contribution is 2.06. The van der Waals surface area contributed by atoms with Crippen molar-refractivity contribution in [3.63, 3.8) is 0 Å². The molecule has 1 rings (SSSR count). The Labute approximate surface area is 103 Å². The van der Waals surface area contributed by atoms with Crippen LogP contribution in [0.3, 0.4) is 0 Å². The van der Waals surface area contributed by atoms with Gasteiger partial charge in [-0.2, -0.15) is 0 Å². The second kappa shape index (κ2) is 6.30. The largest absolute Gasteiger partial charge is 0.372 e. The van der Waals surface area contributed by atoms with Gasteiger partial charge >= 0.3 is 0 Å². The molecule has 0 heterocycles. The summed E-state index contributed by atoms with van der Waals surface area (Å²) in [4.78, 5) is 2.94. The smallest absolute Gasteiger partial charge is 0.0812 e. The predicted octanol–water partition coefficient (Wildman–Crippen LogP) is 2.95. The third-order valence-corrected chi connectivity index (χ3v) is 3.04. The fraction of sp³-hybridized carbons (Fsp3) is 0.357. The number of rotatable bonds is 2. The Morgan fingerprint density at radius 1 is 1.31 bits per heavy atom. The average molecular weight is 231 g/mol. The molecule has 0 aliphatic carbocycles. The van der Waals surface area contributed by atoms with Crippen LogP contribution in [0.1, 0.15) is 18.9 Å². The number of benzene rings is 1. The van der Waals surface area contributed by atoms with E-state index in [1.807, 2.05) is 49.3 Å². The molecule has 0 saturated heterocycles. The van der Waals surface area contributed by atoms with Gasteiger partial charge in [0.2, 0.25) is 0 Å². The first-order valence-corrected chi connectivity index (χ1v) is 5.77. The Balaban J connectivity index is 2.52. The molecule has 1 aromatic carbocycles. The van der Waals surface area contributed by atoms with Crippen molar-refractivity contribution in [3.8, 4) is 11.8 Å². The summed E-state index contributed by atoms with van der Waals surface area (Å²) in [6.45, 7) is 2.11. The minimum Gasteiger partial charge on any atom is -0.372 e. The van der Waals surface area contributed by atoms with Gasteiger partial charge in [-0.3, -0.25) is 0 Å². The van der Waals surface area contributed by atoms with Gasteiger partial charge < -0.3 is 4.90 Å². The Morgan fingerprint density at radius 3 is 2.50 bits per heavy atom. The molecule has 1 unspecified atom stereocenters. The summed E-state index contributed by atoms with van der Waals surface area (Å²) in [6, 6.07) is 10.0. The zero-order valence-electron chi connectivity index (χ0n) is 10.0. The molecule has 2 heteroatoms. The zero-order valence-corrected chi connectivity index (χ0v) is 10.8. The van der Waals surface area contributed by atoms with Crippen molar-refractivity contribution in [2.24, 2.45) is 5.92 Å². The second-order valence-electron chi connectivity index (χ2n) is 4.01. The van der Waals surface area contributed by atoms with E-state index in [-0.39, 0.29) is 0 Å². The lowest BCUT2D eigenvalue weighted by Gasteiger charge is -2.18. The van der Waals surface area contributed by atoms with Gasteiger partial charge in [-0.15, -0.1) is 0 Å². The highest BCUT2D eigenvalue weighted by atomic mass is 32.1. The van der Waals surface area contributed by atoms with Gasteiger partial charge in [-0.1, -0.05) is 49.2 Å². The van der Waals surface area contributed by atoms with E-state index in [0.29, 0.717) is 5.92 Å². The van der Waals surface area contributed by atoms with Crippen LogP contribution in [0.15, 0.2) is 30.3 Å². The highest BCUT2D eigenvalue weighted by Gasteiger charge is 2.08. The van der Waals surface area contributed by atoms with Crippen LogP contribution < -0.4 is 0 Å². The molecule has 16 heavy (non-hydrogen) atoms. The van der Waals surface area contributed by atoms with Crippen molar-refractivity contribution in [1.82, 2.24) is 4.90 Å². The molecule has 1 nitrogen and oxygen atoms in total. The molecule has 0 N–H and O–H groups in total. The van der Waals surface area contributed by atoms with Gasteiger partial charge in [-0.25, -0.2) is 0 Å². The molecule has 84 valence electrons. The fourth-order valence-corrected chi connectivity index (χ4v) is 1.44. The standard InChI is InChI=1S/C14H17NS/c1-12(14(16)15(2)3)8-7-11-13-9-5-4-6-10-13/h4-6,9-10,12H,8H2,1-3H3. The van der Waals surface area contributed by atoms with Crippen molar-refractivity contribution in [1.29, 1.82) is 0 Å². The first-order valence-electron chi connectivity index (χ1n) is 5.36. The maximum Gasteiger partial charge on any atom is 0.0812 e. The lowest BCUT2D eigenvalue weighted by molar-refractivity contribution is 0.581. The van der Waals surface area contributed by atoms with Crippen molar-refractivity contribution < 1.29 is 0 Å². The summed E-state index contributed by atoms with van der Waals surface area (Å²) in [7, 11) is 3.95. The van der Waals surface area contributed by atoms with E-state index in [9.17, 15) is 0 Å².